The third-order valence-electron chi connectivity index (χ3n) is 5.67. The van der Waals surface area contributed by atoms with Crippen LogP contribution in [0.4, 0.5) is 0 Å². The minimum atomic E-state index is -0.0910. The van der Waals surface area contributed by atoms with Gasteiger partial charge in [-0.05, 0) is 54.4 Å². The van der Waals surface area contributed by atoms with Crippen molar-refractivity contribution < 1.29 is 10.2 Å². The Bertz CT molecular complexity index is 1070. The van der Waals surface area contributed by atoms with Gasteiger partial charge in [-0.1, -0.05) is 67.2 Å². The molecule has 2 aromatic carbocycles. The van der Waals surface area contributed by atoms with Crippen LogP contribution in [0, 0.1) is 10.8 Å². The van der Waals surface area contributed by atoms with Crippen LogP contribution in [-0.4, -0.2) is 35.2 Å². The van der Waals surface area contributed by atoms with Crippen LogP contribution >= 0.6 is 46.4 Å². The molecule has 1 aliphatic carbocycles. The maximum absolute atomic E-state index is 10.2. The lowest BCUT2D eigenvalue weighted by atomic mass is 9.63. The second kappa shape index (κ2) is 9.80. The summed E-state index contributed by atoms with van der Waals surface area (Å²) in [7, 11) is 0. The van der Waals surface area contributed by atoms with Crippen molar-refractivity contribution in [3.63, 3.8) is 0 Å². The molecule has 0 bridgehead atoms. The number of aromatic hydroxyl groups is 2. The first-order valence-corrected chi connectivity index (χ1v) is 11.8. The lowest BCUT2D eigenvalue weighted by Crippen LogP contribution is -2.39. The van der Waals surface area contributed by atoms with Crippen LogP contribution in [0.25, 0.3) is 0 Å². The van der Waals surface area contributed by atoms with E-state index in [-0.39, 0.29) is 38.4 Å². The number of hydrogen-bond donors (Lipinski definition) is 2. The Balaban J connectivity index is 1.77. The molecule has 3 rings (SSSR count). The van der Waals surface area contributed by atoms with Crippen LogP contribution in [-0.2, 0) is 0 Å². The SMILES string of the molecule is CC1(C)C[C@@H](N=Cc2cc(Cl)cc(Cl)c2O)C[C@@](C)(CN=Cc2cc(Cl)cc(Cl)c2O)C1. The predicted octanol–water partition coefficient (Wildman–Crippen LogP) is 7.83. The number of phenols is 2. The molecule has 1 saturated carbocycles. The molecule has 0 unspecified atom stereocenters. The zero-order valence-electron chi connectivity index (χ0n) is 18.2. The maximum atomic E-state index is 10.2. The zero-order valence-corrected chi connectivity index (χ0v) is 21.2. The van der Waals surface area contributed by atoms with Gasteiger partial charge in [-0.15, -0.1) is 0 Å². The number of aliphatic imine (C=N–C) groups is 2. The first-order chi connectivity index (χ1) is 14.9. The molecule has 0 aliphatic heterocycles. The van der Waals surface area contributed by atoms with Gasteiger partial charge in [0.2, 0.25) is 0 Å². The topological polar surface area (TPSA) is 65.2 Å². The minimum Gasteiger partial charge on any atom is -0.506 e. The van der Waals surface area contributed by atoms with Gasteiger partial charge in [-0.2, -0.15) is 0 Å². The molecule has 0 aromatic heterocycles. The first-order valence-electron chi connectivity index (χ1n) is 10.3. The molecular formula is C24H26Cl4N2O2. The van der Waals surface area contributed by atoms with Gasteiger partial charge in [-0.3, -0.25) is 9.98 Å². The Morgan fingerprint density at radius 1 is 0.875 bits per heavy atom. The molecule has 32 heavy (non-hydrogen) atoms. The first kappa shape index (κ1) is 25.2. The Kier molecular flexibility index (Phi) is 7.71. The lowest BCUT2D eigenvalue weighted by molar-refractivity contribution is 0.0918. The number of phenolic OH excluding ortho intramolecular Hbond substituents is 2. The van der Waals surface area contributed by atoms with Crippen molar-refractivity contribution in [2.45, 2.75) is 46.1 Å². The van der Waals surface area contributed by atoms with Gasteiger partial charge in [0.05, 0.1) is 16.1 Å². The monoisotopic (exact) mass is 514 g/mol. The summed E-state index contributed by atoms with van der Waals surface area (Å²) in [6, 6.07) is 6.33. The maximum Gasteiger partial charge on any atom is 0.143 e. The molecular weight excluding hydrogens is 490 g/mol. The van der Waals surface area contributed by atoms with Gasteiger partial charge in [0.1, 0.15) is 11.5 Å². The molecule has 1 aliphatic rings. The second-order valence-corrected chi connectivity index (χ2v) is 11.3. The summed E-state index contributed by atoms with van der Waals surface area (Å²) >= 11 is 24.1. The van der Waals surface area contributed by atoms with Crippen molar-refractivity contribution >= 4 is 58.8 Å². The van der Waals surface area contributed by atoms with Crippen molar-refractivity contribution in [2.75, 3.05) is 6.54 Å². The standard InChI is InChI=1S/C24H26Cl4N2O2/c1-23(2)8-18(30-11-15-5-17(26)7-20(28)22(15)32)9-24(3,12-23)13-29-10-14-4-16(25)6-19(27)21(14)31/h4-7,10-11,18,31-32H,8-9,12-13H2,1-3H3/t18-,24-/m1/s1. The highest BCUT2D eigenvalue weighted by Gasteiger charge is 2.41. The number of hydrogen-bond acceptors (Lipinski definition) is 4. The zero-order chi connectivity index (χ0) is 23.7. The fourth-order valence-corrected chi connectivity index (χ4v) is 5.74. The third kappa shape index (κ3) is 6.32. The molecule has 2 N–H and O–H groups in total. The van der Waals surface area contributed by atoms with E-state index in [2.05, 4.69) is 25.8 Å². The van der Waals surface area contributed by atoms with Gasteiger partial charge < -0.3 is 10.2 Å². The summed E-state index contributed by atoms with van der Waals surface area (Å²) in [5, 5.41) is 21.6. The van der Waals surface area contributed by atoms with E-state index in [9.17, 15) is 10.2 Å². The van der Waals surface area contributed by atoms with E-state index in [0.717, 1.165) is 19.3 Å². The second-order valence-electron chi connectivity index (χ2n) is 9.61. The normalized spacial score (nSPS) is 23.3. The van der Waals surface area contributed by atoms with Gasteiger partial charge in [0.25, 0.3) is 0 Å². The van der Waals surface area contributed by atoms with Crippen molar-refractivity contribution in [2.24, 2.45) is 20.8 Å². The van der Waals surface area contributed by atoms with Crippen LogP contribution in [0.5, 0.6) is 11.5 Å². The third-order valence-corrected chi connectivity index (χ3v) is 6.68. The van der Waals surface area contributed by atoms with Crippen molar-refractivity contribution in [1.29, 1.82) is 0 Å². The molecule has 0 spiro atoms. The quantitative estimate of drug-likeness (QED) is 0.398. The summed E-state index contributed by atoms with van der Waals surface area (Å²) in [4.78, 5) is 9.37. The predicted molar refractivity (Wildman–Crippen MR) is 136 cm³/mol. The fourth-order valence-electron chi connectivity index (χ4n) is 4.72. The van der Waals surface area contributed by atoms with Gasteiger partial charge in [-0.25, -0.2) is 0 Å². The number of nitrogens with zero attached hydrogens (tertiary/aromatic N) is 2. The smallest absolute Gasteiger partial charge is 0.143 e. The average molecular weight is 516 g/mol. The Hall–Kier alpha value is -1.46. The molecule has 2 atom stereocenters. The molecule has 0 heterocycles. The van der Waals surface area contributed by atoms with E-state index in [4.69, 9.17) is 51.4 Å². The van der Waals surface area contributed by atoms with E-state index >= 15 is 0 Å². The van der Waals surface area contributed by atoms with Crippen molar-refractivity contribution in [3.05, 3.63) is 55.5 Å². The molecule has 0 radical (unpaired) electrons. The van der Waals surface area contributed by atoms with E-state index in [1.54, 1.807) is 24.6 Å². The highest BCUT2D eigenvalue weighted by atomic mass is 35.5. The van der Waals surface area contributed by atoms with Crippen LogP contribution in [0.2, 0.25) is 20.1 Å². The Labute approximate surface area is 208 Å². The van der Waals surface area contributed by atoms with Gasteiger partial charge in [0.15, 0.2) is 0 Å². The van der Waals surface area contributed by atoms with Crippen LogP contribution in [0.3, 0.4) is 0 Å². The number of benzene rings is 2. The fraction of sp³-hybridized carbons (Fsp3) is 0.417. The molecule has 0 amide bonds. The molecule has 2 aromatic rings. The Morgan fingerprint density at radius 3 is 1.97 bits per heavy atom. The van der Waals surface area contributed by atoms with E-state index in [1.165, 1.54) is 12.1 Å². The average Bonchev–Trinajstić information content (AvgIpc) is 2.65. The van der Waals surface area contributed by atoms with Crippen molar-refractivity contribution in [3.8, 4) is 11.5 Å². The molecule has 8 heteroatoms. The summed E-state index contributed by atoms with van der Waals surface area (Å²) in [5.41, 5.74) is 0.967. The molecule has 172 valence electrons. The van der Waals surface area contributed by atoms with Crippen LogP contribution in [0.1, 0.15) is 51.2 Å². The van der Waals surface area contributed by atoms with Crippen LogP contribution in [0.15, 0.2) is 34.3 Å². The van der Waals surface area contributed by atoms with Crippen LogP contribution < -0.4 is 0 Å². The highest BCUT2D eigenvalue weighted by Crippen LogP contribution is 2.47. The molecule has 1 fully saturated rings. The number of halogens is 4. The van der Waals surface area contributed by atoms with E-state index < -0.39 is 0 Å². The summed E-state index contributed by atoms with van der Waals surface area (Å²) in [6.07, 6.45) is 6.00. The van der Waals surface area contributed by atoms with E-state index in [0.29, 0.717) is 27.7 Å². The summed E-state index contributed by atoms with van der Waals surface area (Å²) in [6.45, 7) is 7.23. The van der Waals surface area contributed by atoms with Gasteiger partial charge >= 0.3 is 0 Å². The highest BCUT2D eigenvalue weighted by molar-refractivity contribution is 6.36. The van der Waals surface area contributed by atoms with E-state index in [1.807, 2.05) is 0 Å². The lowest BCUT2D eigenvalue weighted by Gasteiger charge is -2.45. The minimum absolute atomic E-state index is 0.0257. The van der Waals surface area contributed by atoms with Crippen molar-refractivity contribution in [1.82, 2.24) is 0 Å². The summed E-state index contributed by atoms with van der Waals surface area (Å²) < 4.78 is 0. The number of rotatable bonds is 5. The largest absolute Gasteiger partial charge is 0.506 e. The summed E-state index contributed by atoms with van der Waals surface area (Å²) in [5.74, 6) is -0.0568. The van der Waals surface area contributed by atoms with Gasteiger partial charge in [0, 0.05) is 40.1 Å². The molecule has 0 saturated heterocycles. The Morgan fingerprint density at radius 2 is 1.41 bits per heavy atom. The molecule has 4 nitrogen and oxygen atoms in total.